The molecule has 0 aliphatic heterocycles. The average molecular weight is 307 g/mol. The number of fused-ring (bicyclic) bond motifs is 3. The minimum absolute atomic E-state index is 0.00134. The van der Waals surface area contributed by atoms with E-state index in [1.165, 1.54) is 24.3 Å². The van der Waals surface area contributed by atoms with Crippen molar-refractivity contribution in [3.05, 3.63) is 57.6 Å². The standard InChI is InChI=1S/C13H9NO6S/c15-14(16)10-1-3-12-8(6-10)5-9-7-11(2-4-13(9)12)20-21(17,18)19/h1-4,6-7H,5H2,(H,17,18,19). The van der Waals surface area contributed by atoms with Crippen molar-refractivity contribution in [1.82, 2.24) is 0 Å². The number of nitro benzene ring substituents is 1. The third-order valence-corrected chi connectivity index (χ3v) is 3.65. The van der Waals surface area contributed by atoms with Crippen molar-refractivity contribution in [3.8, 4) is 16.9 Å². The summed E-state index contributed by atoms with van der Waals surface area (Å²) in [5.41, 5.74) is 3.32. The molecule has 0 aromatic heterocycles. The van der Waals surface area contributed by atoms with Gasteiger partial charge in [0.25, 0.3) is 5.69 Å². The zero-order valence-corrected chi connectivity index (χ0v) is 11.3. The van der Waals surface area contributed by atoms with E-state index in [1.807, 2.05) is 0 Å². The quantitative estimate of drug-likeness (QED) is 0.452. The third-order valence-electron chi connectivity index (χ3n) is 3.25. The smallest absolute Gasteiger partial charge is 0.362 e. The molecule has 7 nitrogen and oxygen atoms in total. The molecule has 0 heterocycles. The first-order chi connectivity index (χ1) is 9.83. The number of non-ortho nitro benzene ring substituents is 1. The van der Waals surface area contributed by atoms with Crippen molar-refractivity contribution >= 4 is 16.1 Å². The van der Waals surface area contributed by atoms with Crippen LogP contribution in [0.2, 0.25) is 0 Å². The van der Waals surface area contributed by atoms with Gasteiger partial charge in [-0.15, -0.1) is 0 Å². The van der Waals surface area contributed by atoms with E-state index >= 15 is 0 Å². The Morgan fingerprint density at radius 3 is 2.33 bits per heavy atom. The second kappa shape index (κ2) is 4.54. The fourth-order valence-electron chi connectivity index (χ4n) is 2.46. The van der Waals surface area contributed by atoms with E-state index in [0.717, 1.165) is 22.3 Å². The molecular weight excluding hydrogens is 298 g/mol. The van der Waals surface area contributed by atoms with Gasteiger partial charge in [0.05, 0.1) is 4.92 Å². The minimum atomic E-state index is -4.57. The zero-order valence-electron chi connectivity index (χ0n) is 10.5. The highest BCUT2D eigenvalue weighted by molar-refractivity contribution is 7.81. The van der Waals surface area contributed by atoms with Crippen molar-refractivity contribution in [2.45, 2.75) is 6.42 Å². The molecule has 108 valence electrons. The van der Waals surface area contributed by atoms with Crippen LogP contribution in [0.5, 0.6) is 5.75 Å². The predicted molar refractivity (Wildman–Crippen MR) is 73.5 cm³/mol. The Hall–Kier alpha value is -2.45. The fraction of sp³-hybridized carbons (Fsp3) is 0.0769. The summed E-state index contributed by atoms with van der Waals surface area (Å²) in [5, 5.41) is 10.8. The van der Waals surface area contributed by atoms with Crippen molar-refractivity contribution in [1.29, 1.82) is 0 Å². The highest BCUT2D eigenvalue weighted by atomic mass is 32.3. The van der Waals surface area contributed by atoms with Gasteiger partial charge in [-0.05, 0) is 46.9 Å². The Morgan fingerprint density at radius 1 is 1.10 bits per heavy atom. The molecule has 1 N–H and O–H groups in total. The molecule has 0 spiro atoms. The summed E-state index contributed by atoms with van der Waals surface area (Å²) in [5.74, 6) is -0.00134. The Kier molecular flexibility index (Phi) is 2.92. The van der Waals surface area contributed by atoms with Crippen LogP contribution in [-0.2, 0) is 16.8 Å². The first-order valence-corrected chi connectivity index (χ1v) is 7.27. The average Bonchev–Trinajstić information content (AvgIpc) is 2.72. The molecule has 3 rings (SSSR count). The topological polar surface area (TPSA) is 107 Å². The Morgan fingerprint density at radius 2 is 1.71 bits per heavy atom. The lowest BCUT2D eigenvalue weighted by Crippen LogP contribution is -2.06. The monoisotopic (exact) mass is 307 g/mol. The first-order valence-electron chi connectivity index (χ1n) is 5.91. The maximum absolute atomic E-state index is 10.8. The molecule has 1 aliphatic rings. The summed E-state index contributed by atoms with van der Waals surface area (Å²) in [4.78, 5) is 10.3. The molecule has 0 saturated carbocycles. The van der Waals surface area contributed by atoms with Crippen LogP contribution < -0.4 is 4.18 Å². The first kappa shape index (κ1) is 13.5. The van der Waals surface area contributed by atoms with E-state index in [-0.39, 0.29) is 11.4 Å². The molecule has 0 saturated heterocycles. The number of hydrogen-bond donors (Lipinski definition) is 1. The fourth-order valence-corrected chi connectivity index (χ4v) is 2.81. The van der Waals surface area contributed by atoms with Crippen molar-refractivity contribution < 1.29 is 22.1 Å². The summed E-state index contributed by atoms with van der Waals surface area (Å²) in [6.45, 7) is 0. The van der Waals surface area contributed by atoms with Crippen LogP contribution in [0.3, 0.4) is 0 Å². The van der Waals surface area contributed by atoms with Crippen molar-refractivity contribution in [3.63, 3.8) is 0 Å². The molecule has 21 heavy (non-hydrogen) atoms. The van der Waals surface area contributed by atoms with Crippen LogP contribution in [0.4, 0.5) is 5.69 Å². The van der Waals surface area contributed by atoms with Gasteiger partial charge in [0.1, 0.15) is 5.75 Å². The van der Waals surface area contributed by atoms with Crippen molar-refractivity contribution in [2.75, 3.05) is 0 Å². The maximum Gasteiger partial charge on any atom is 0.446 e. The number of nitrogens with zero attached hydrogens (tertiary/aromatic N) is 1. The lowest BCUT2D eigenvalue weighted by molar-refractivity contribution is -0.384. The SMILES string of the molecule is O=[N+]([O-])c1ccc2c(c1)Cc1cc(OS(=O)(=O)O)ccc1-2. The highest BCUT2D eigenvalue weighted by Gasteiger charge is 2.22. The van der Waals surface area contributed by atoms with Crippen LogP contribution >= 0.6 is 0 Å². The van der Waals surface area contributed by atoms with E-state index in [1.54, 1.807) is 12.1 Å². The van der Waals surface area contributed by atoms with Gasteiger partial charge in [-0.25, -0.2) is 0 Å². The van der Waals surface area contributed by atoms with Crippen LogP contribution in [0.1, 0.15) is 11.1 Å². The molecule has 0 amide bonds. The van der Waals surface area contributed by atoms with Gasteiger partial charge in [0, 0.05) is 12.1 Å². The van der Waals surface area contributed by atoms with Gasteiger partial charge in [0.2, 0.25) is 0 Å². The van der Waals surface area contributed by atoms with E-state index < -0.39 is 15.3 Å². The van der Waals surface area contributed by atoms with Crippen LogP contribution in [0, 0.1) is 10.1 Å². The summed E-state index contributed by atoms with van der Waals surface area (Å²) >= 11 is 0. The van der Waals surface area contributed by atoms with E-state index in [4.69, 9.17) is 4.55 Å². The second-order valence-electron chi connectivity index (χ2n) is 4.61. The molecule has 0 bridgehead atoms. The normalized spacial score (nSPS) is 12.6. The van der Waals surface area contributed by atoms with Gasteiger partial charge in [-0.2, -0.15) is 8.42 Å². The Balaban J connectivity index is 2.01. The van der Waals surface area contributed by atoms with E-state index in [0.29, 0.717) is 6.42 Å². The number of hydrogen-bond acceptors (Lipinski definition) is 5. The molecule has 8 heteroatoms. The van der Waals surface area contributed by atoms with Crippen molar-refractivity contribution in [2.24, 2.45) is 0 Å². The third kappa shape index (κ3) is 2.58. The van der Waals surface area contributed by atoms with Crippen LogP contribution in [-0.4, -0.2) is 17.9 Å². The summed E-state index contributed by atoms with van der Waals surface area (Å²) < 4.78 is 34.5. The highest BCUT2D eigenvalue weighted by Crippen LogP contribution is 2.39. The van der Waals surface area contributed by atoms with E-state index in [9.17, 15) is 18.5 Å². The minimum Gasteiger partial charge on any atom is -0.362 e. The Bertz CT molecular complexity index is 859. The van der Waals surface area contributed by atoms with Gasteiger partial charge in [-0.3, -0.25) is 14.7 Å². The second-order valence-corrected chi connectivity index (χ2v) is 5.63. The molecule has 0 fully saturated rings. The number of rotatable bonds is 3. The molecular formula is C13H9NO6S. The summed E-state index contributed by atoms with van der Waals surface area (Å²) in [7, 11) is -4.57. The Labute approximate surface area is 119 Å². The van der Waals surface area contributed by atoms with Crippen LogP contribution in [0.15, 0.2) is 36.4 Å². The van der Waals surface area contributed by atoms with Gasteiger partial charge in [-0.1, -0.05) is 6.07 Å². The maximum atomic E-state index is 10.8. The lowest BCUT2D eigenvalue weighted by atomic mass is 10.1. The zero-order chi connectivity index (χ0) is 15.2. The predicted octanol–water partition coefficient (Wildman–Crippen LogP) is 2.35. The molecule has 2 aromatic rings. The van der Waals surface area contributed by atoms with Gasteiger partial charge in [0.15, 0.2) is 0 Å². The molecule has 0 unspecified atom stereocenters. The molecule has 0 atom stereocenters. The number of nitro groups is 1. The summed E-state index contributed by atoms with van der Waals surface area (Å²) in [6, 6.07) is 9.17. The molecule has 1 aliphatic carbocycles. The summed E-state index contributed by atoms with van der Waals surface area (Å²) in [6.07, 6.45) is 0.440. The van der Waals surface area contributed by atoms with Gasteiger partial charge >= 0.3 is 10.4 Å². The van der Waals surface area contributed by atoms with Gasteiger partial charge < -0.3 is 4.18 Å². The van der Waals surface area contributed by atoms with Crippen LogP contribution in [0.25, 0.3) is 11.1 Å². The molecule has 2 aromatic carbocycles. The number of benzene rings is 2. The molecule has 0 radical (unpaired) electrons. The van der Waals surface area contributed by atoms with E-state index in [2.05, 4.69) is 4.18 Å². The lowest BCUT2D eigenvalue weighted by Gasteiger charge is -2.04. The largest absolute Gasteiger partial charge is 0.446 e.